The molecule has 1 aromatic heterocycles. The van der Waals surface area contributed by atoms with Crippen molar-refractivity contribution in [1.82, 2.24) is 25.4 Å². The molecule has 13 heteroatoms. The molecule has 64 heavy (non-hydrogen) atoms. The average Bonchev–Trinajstić information content (AvgIpc) is 3.92. The number of hydrogen-bond donors (Lipinski definition) is 3. The van der Waals surface area contributed by atoms with Crippen molar-refractivity contribution in [3.63, 3.8) is 0 Å². The van der Waals surface area contributed by atoms with E-state index in [9.17, 15) is 24.3 Å². The van der Waals surface area contributed by atoms with E-state index in [4.69, 9.17) is 16.3 Å². The Bertz CT molecular complexity index is 2380. The number of aryl methyl sites for hydroxylation is 1. The predicted molar refractivity (Wildman–Crippen MR) is 255 cm³/mol. The summed E-state index contributed by atoms with van der Waals surface area (Å²) in [5.41, 5.74) is 9.46. The molecule has 5 aromatic rings. The Kier molecular flexibility index (Phi) is 16.5. The summed E-state index contributed by atoms with van der Waals surface area (Å²) >= 11 is 7.89. The highest BCUT2D eigenvalue weighted by molar-refractivity contribution is 7.13. The molecule has 1 aliphatic heterocycles. The monoisotopic (exact) mass is 903 g/mol. The van der Waals surface area contributed by atoms with E-state index in [-0.39, 0.29) is 50.8 Å². The van der Waals surface area contributed by atoms with Gasteiger partial charge in [-0.3, -0.25) is 19.2 Å². The van der Waals surface area contributed by atoms with Crippen molar-refractivity contribution in [2.24, 2.45) is 5.41 Å². The van der Waals surface area contributed by atoms with Crippen molar-refractivity contribution < 1.29 is 29.0 Å². The lowest BCUT2D eigenvalue weighted by Crippen LogP contribution is -2.57. The maximum atomic E-state index is 14.1. The Morgan fingerprint density at radius 3 is 2.14 bits per heavy atom. The van der Waals surface area contributed by atoms with Crippen LogP contribution in [-0.4, -0.2) is 94.3 Å². The maximum absolute atomic E-state index is 14.1. The molecule has 1 saturated heterocycles. The number of allylic oxidation sites excluding steroid dienone is 1. The molecule has 2 heterocycles. The van der Waals surface area contributed by atoms with E-state index < -0.39 is 35.4 Å². The van der Waals surface area contributed by atoms with E-state index >= 15 is 0 Å². The third-order valence-corrected chi connectivity index (χ3v) is 12.5. The van der Waals surface area contributed by atoms with Crippen LogP contribution < -0.4 is 15.4 Å². The van der Waals surface area contributed by atoms with Crippen molar-refractivity contribution in [3.05, 3.63) is 143 Å². The topological polar surface area (TPSA) is 141 Å². The first kappa shape index (κ1) is 47.7. The number of halogens is 1. The number of likely N-dealkylation sites (tertiary alicyclic amines) is 1. The van der Waals surface area contributed by atoms with E-state index in [1.165, 1.54) is 9.80 Å². The van der Waals surface area contributed by atoms with Crippen LogP contribution in [0.25, 0.3) is 21.6 Å². The fourth-order valence-electron chi connectivity index (χ4n) is 7.84. The van der Waals surface area contributed by atoms with Gasteiger partial charge in [-0.2, -0.15) is 0 Å². The fourth-order valence-corrected chi connectivity index (χ4v) is 8.84. The molecular weight excluding hydrogens is 846 g/mol. The van der Waals surface area contributed by atoms with Gasteiger partial charge in [0, 0.05) is 45.3 Å². The maximum Gasteiger partial charge on any atom is 0.246 e. The number of alkyl halides is 1. The summed E-state index contributed by atoms with van der Waals surface area (Å²) in [7, 11) is 1.66. The summed E-state index contributed by atoms with van der Waals surface area (Å²) in [4.78, 5) is 62.3. The van der Waals surface area contributed by atoms with Crippen molar-refractivity contribution in [3.8, 4) is 16.2 Å². The summed E-state index contributed by atoms with van der Waals surface area (Å²) in [5, 5.41) is 16.4. The van der Waals surface area contributed by atoms with Gasteiger partial charge in [-0.25, -0.2) is 4.98 Å². The van der Waals surface area contributed by atoms with E-state index in [2.05, 4.69) is 39.9 Å². The van der Waals surface area contributed by atoms with Crippen LogP contribution in [0.4, 0.5) is 0 Å². The molecule has 4 amide bonds. The number of carbonyl (C=O) groups is 4. The lowest BCUT2D eigenvalue weighted by molar-refractivity contribution is -0.144. The minimum atomic E-state index is -1.000. The molecule has 0 unspecified atom stereocenters. The second-order valence-electron chi connectivity index (χ2n) is 17.2. The standard InChI is InChI=1S/C51H58ClN5O6S/c1-34-47(64-33-54-34)39-18-16-35(17-19-39)31-53-49(61)43-30-40(58)32-57(43)50(62)48(51(2,3)4)55-44(59)24-25-45(60)56(5)28-29-63-41-22-20-38(21-23-41)46(37-14-10-7-11-15-37)42(26-27-52)36-12-8-6-9-13-36/h6-23,33,40,43,48,58H,24-32H2,1-5H3,(H,53,61)(H,55,59)/b46-42-/t40-,43+,48-/m1/s1. The predicted octanol–water partition coefficient (Wildman–Crippen LogP) is 8.13. The minimum Gasteiger partial charge on any atom is -0.492 e. The number of thiazole rings is 1. The Morgan fingerprint density at radius 1 is 0.891 bits per heavy atom. The zero-order chi connectivity index (χ0) is 45.8. The summed E-state index contributed by atoms with van der Waals surface area (Å²) < 4.78 is 6.04. The number of carbonyl (C=O) groups excluding carboxylic acids is 4. The summed E-state index contributed by atoms with van der Waals surface area (Å²) in [6.45, 7) is 8.19. The lowest BCUT2D eigenvalue weighted by Gasteiger charge is -2.35. The number of aliphatic hydroxyl groups excluding tert-OH is 1. The van der Waals surface area contributed by atoms with E-state index in [0.29, 0.717) is 24.6 Å². The van der Waals surface area contributed by atoms with Gasteiger partial charge in [0.05, 0.1) is 28.7 Å². The first-order valence-electron chi connectivity index (χ1n) is 21.7. The Balaban J connectivity index is 0.993. The summed E-state index contributed by atoms with van der Waals surface area (Å²) in [6, 6.07) is 34.4. The first-order chi connectivity index (χ1) is 30.7. The van der Waals surface area contributed by atoms with Crippen molar-refractivity contribution >= 4 is 57.7 Å². The molecule has 3 atom stereocenters. The third-order valence-electron chi connectivity index (χ3n) is 11.4. The number of amides is 4. The highest BCUT2D eigenvalue weighted by atomic mass is 35.5. The van der Waals surface area contributed by atoms with E-state index in [1.807, 2.05) is 118 Å². The number of nitrogens with one attached hydrogen (secondary N) is 2. The van der Waals surface area contributed by atoms with E-state index in [1.54, 1.807) is 18.4 Å². The van der Waals surface area contributed by atoms with Gasteiger partial charge in [-0.15, -0.1) is 22.9 Å². The highest BCUT2D eigenvalue weighted by Crippen LogP contribution is 2.35. The summed E-state index contributed by atoms with van der Waals surface area (Å²) in [5.74, 6) is -0.415. The van der Waals surface area contributed by atoms with Gasteiger partial charge >= 0.3 is 0 Å². The average molecular weight is 905 g/mol. The van der Waals surface area contributed by atoms with Gasteiger partial charge in [-0.05, 0) is 69.9 Å². The number of hydrogen-bond acceptors (Lipinski definition) is 8. The third kappa shape index (κ3) is 12.5. The number of nitrogens with zero attached hydrogens (tertiary/aromatic N) is 3. The molecule has 336 valence electrons. The zero-order valence-electron chi connectivity index (χ0n) is 37.2. The number of rotatable bonds is 18. The molecule has 0 saturated carbocycles. The molecule has 4 aromatic carbocycles. The van der Waals surface area contributed by atoms with Gasteiger partial charge < -0.3 is 30.3 Å². The number of ether oxygens (including phenoxy) is 1. The van der Waals surface area contributed by atoms with Crippen LogP contribution >= 0.6 is 22.9 Å². The fraction of sp³-hybridized carbons (Fsp3) is 0.353. The van der Waals surface area contributed by atoms with Crippen LogP contribution in [0.5, 0.6) is 5.75 Å². The number of aromatic nitrogens is 1. The number of benzene rings is 4. The first-order valence-corrected chi connectivity index (χ1v) is 23.1. The van der Waals surface area contributed by atoms with Crippen LogP contribution in [0.1, 0.15) is 74.4 Å². The molecule has 1 aliphatic rings. The van der Waals surface area contributed by atoms with Crippen LogP contribution in [0.3, 0.4) is 0 Å². The number of likely N-dealkylation sites (N-methyl/N-ethyl adjacent to an activating group) is 1. The number of aliphatic hydroxyl groups is 1. The van der Waals surface area contributed by atoms with Gasteiger partial charge in [0.2, 0.25) is 23.6 Å². The molecular formula is C51H58ClN5O6S. The largest absolute Gasteiger partial charge is 0.492 e. The Hall–Kier alpha value is -5.82. The smallest absolute Gasteiger partial charge is 0.246 e. The molecule has 6 rings (SSSR count). The van der Waals surface area contributed by atoms with Crippen LogP contribution in [-0.2, 0) is 25.7 Å². The molecule has 0 bridgehead atoms. The van der Waals surface area contributed by atoms with Gasteiger partial charge in [0.25, 0.3) is 0 Å². The van der Waals surface area contributed by atoms with Crippen molar-refractivity contribution in [2.45, 2.75) is 78.1 Å². The van der Waals surface area contributed by atoms with E-state index in [0.717, 1.165) is 49.5 Å². The van der Waals surface area contributed by atoms with Gasteiger partial charge in [-0.1, -0.05) is 118 Å². The van der Waals surface area contributed by atoms with Crippen LogP contribution in [0.15, 0.2) is 115 Å². The SMILES string of the molecule is Cc1ncsc1-c1ccc(CNC(=O)[C@@H]2C[C@@H](O)CN2C(=O)[C@@H](NC(=O)CCC(=O)N(C)CCOc2ccc(/C(=C(/CCCl)c3ccccc3)c3ccccc3)cc2)C(C)(C)C)cc1. The normalized spacial score (nSPS) is 15.8. The van der Waals surface area contributed by atoms with Crippen molar-refractivity contribution in [1.29, 1.82) is 0 Å². The molecule has 1 fully saturated rings. The molecule has 0 aliphatic carbocycles. The Labute approximate surface area is 385 Å². The molecule has 0 spiro atoms. The van der Waals surface area contributed by atoms with Crippen LogP contribution in [0.2, 0.25) is 0 Å². The van der Waals surface area contributed by atoms with Gasteiger partial charge in [0.15, 0.2) is 0 Å². The molecule has 0 radical (unpaired) electrons. The number of β-amino-alcohol motifs (C(OH)–C–C–N with tert-alkyl or cyclic N) is 1. The Morgan fingerprint density at radius 2 is 1.53 bits per heavy atom. The van der Waals surface area contributed by atoms with Crippen molar-refractivity contribution in [2.75, 3.05) is 32.6 Å². The molecule has 11 nitrogen and oxygen atoms in total. The molecule has 3 N–H and O–H groups in total. The van der Waals surface area contributed by atoms with Crippen LogP contribution in [0, 0.1) is 12.3 Å². The highest BCUT2D eigenvalue weighted by Gasteiger charge is 2.44. The second kappa shape index (κ2) is 22.2. The lowest BCUT2D eigenvalue weighted by atomic mass is 9.85. The second-order valence-corrected chi connectivity index (χ2v) is 18.4. The zero-order valence-corrected chi connectivity index (χ0v) is 38.8. The summed E-state index contributed by atoms with van der Waals surface area (Å²) in [6.07, 6.45) is -0.313. The quantitative estimate of drug-likeness (QED) is 0.0596. The minimum absolute atomic E-state index is 0.0344. The van der Waals surface area contributed by atoms with Gasteiger partial charge in [0.1, 0.15) is 24.4 Å².